The Kier molecular flexibility index (Phi) is 4.88. The van der Waals surface area contributed by atoms with Gasteiger partial charge in [0.1, 0.15) is 0 Å². The zero-order valence-corrected chi connectivity index (χ0v) is 19.1. The Hall–Kier alpha value is -4.37. The molecule has 5 aromatic rings. The van der Waals surface area contributed by atoms with Gasteiger partial charge in [0.25, 0.3) is 0 Å². The number of aliphatic imine (C=N–C) groups is 1. The van der Waals surface area contributed by atoms with Crippen LogP contribution in [0, 0.1) is 0 Å². The number of allylic oxidation sites excluding steroid dienone is 4. The average Bonchev–Trinajstić information content (AvgIpc) is 3.16. The first kappa shape index (κ1) is 20.3. The second-order valence-corrected chi connectivity index (χ2v) is 8.63. The van der Waals surface area contributed by atoms with Crippen LogP contribution in [-0.4, -0.2) is 10.4 Å². The lowest BCUT2D eigenvalue weighted by Crippen LogP contribution is -2.06. The summed E-state index contributed by atoms with van der Waals surface area (Å²) in [6, 6.07) is 26.0. The highest BCUT2D eigenvalue weighted by Crippen LogP contribution is 2.36. The van der Waals surface area contributed by atoms with E-state index in [1.807, 2.05) is 25.3 Å². The predicted octanol–water partition coefficient (Wildman–Crippen LogP) is 7.62. The van der Waals surface area contributed by atoms with Crippen LogP contribution in [0.5, 0.6) is 0 Å². The number of nitrogens with zero attached hydrogens (tertiary/aromatic N) is 2. The third kappa shape index (κ3) is 3.25. The molecule has 164 valence electrons. The van der Waals surface area contributed by atoms with Crippen molar-refractivity contribution in [3.63, 3.8) is 0 Å². The molecule has 0 saturated carbocycles. The van der Waals surface area contributed by atoms with E-state index in [4.69, 9.17) is 10.8 Å². The van der Waals surface area contributed by atoms with Crippen molar-refractivity contribution in [2.24, 2.45) is 4.99 Å². The van der Waals surface area contributed by atoms with Crippen molar-refractivity contribution in [2.45, 2.75) is 13.3 Å². The number of rotatable bonds is 3. The van der Waals surface area contributed by atoms with E-state index in [0.717, 1.165) is 23.2 Å². The van der Waals surface area contributed by atoms with Crippen LogP contribution >= 0.6 is 0 Å². The summed E-state index contributed by atoms with van der Waals surface area (Å²) in [4.78, 5) is 4.74. The largest absolute Gasteiger partial charge is 0.339 e. The Balaban J connectivity index is 1.57. The number of fused-ring (bicyclic) bond motifs is 6. The first-order chi connectivity index (χ1) is 16.7. The van der Waals surface area contributed by atoms with Gasteiger partial charge >= 0.3 is 0 Å². The Bertz CT molecular complexity index is 1690. The van der Waals surface area contributed by atoms with E-state index in [1.165, 1.54) is 43.8 Å². The van der Waals surface area contributed by atoms with Crippen LogP contribution in [0.15, 0.2) is 108 Å². The molecule has 0 fully saturated rings. The monoisotopic (exact) mass is 439 g/mol. The third-order valence-electron chi connectivity index (χ3n) is 6.64. The van der Waals surface area contributed by atoms with E-state index in [2.05, 4.69) is 91.0 Å². The van der Waals surface area contributed by atoms with E-state index in [0.29, 0.717) is 0 Å². The Morgan fingerprint density at radius 3 is 2.59 bits per heavy atom. The first-order valence-corrected chi connectivity index (χ1v) is 11.6. The molecule has 1 aliphatic rings. The molecular formula is C31H25N3. The van der Waals surface area contributed by atoms with Crippen molar-refractivity contribution >= 4 is 44.4 Å². The summed E-state index contributed by atoms with van der Waals surface area (Å²) in [5.74, 6) is 6.52. The average molecular weight is 440 g/mol. The normalized spacial score (nSPS) is 13.5. The minimum atomic E-state index is 0.802. The molecule has 4 aromatic carbocycles. The topological polar surface area (TPSA) is 43.3 Å². The molecule has 2 N–H and O–H groups in total. The molecule has 0 radical (unpaired) electrons. The van der Waals surface area contributed by atoms with Crippen molar-refractivity contribution in [1.82, 2.24) is 4.68 Å². The number of benzene rings is 4. The SMILES string of the molecule is C/C=C\CC1=NC=CC=Cc2ccc(-c3ccc4c(c3)c3c5ccccc5ccc3n4N)cc21. The number of hydrogen-bond acceptors (Lipinski definition) is 2. The summed E-state index contributed by atoms with van der Waals surface area (Å²) in [5, 5.41) is 4.82. The van der Waals surface area contributed by atoms with Gasteiger partial charge in [-0.3, -0.25) is 9.67 Å². The fourth-order valence-electron chi connectivity index (χ4n) is 4.93. The first-order valence-electron chi connectivity index (χ1n) is 11.6. The molecule has 2 heterocycles. The summed E-state index contributed by atoms with van der Waals surface area (Å²) >= 11 is 0. The van der Waals surface area contributed by atoms with Crippen LogP contribution in [0.2, 0.25) is 0 Å². The van der Waals surface area contributed by atoms with Crippen LogP contribution in [0.1, 0.15) is 24.5 Å². The van der Waals surface area contributed by atoms with Crippen molar-refractivity contribution < 1.29 is 0 Å². The van der Waals surface area contributed by atoms with Crippen LogP contribution < -0.4 is 5.84 Å². The van der Waals surface area contributed by atoms with Crippen molar-refractivity contribution in [1.29, 1.82) is 0 Å². The summed E-state index contributed by atoms with van der Waals surface area (Å²) in [5.41, 5.74) is 7.84. The van der Waals surface area contributed by atoms with E-state index in [1.54, 1.807) is 4.68 Å². The predicted molar refractivity (Wildman–Crippen MR) is 147 cm³/mol. The maximum absolute atomic E-state index is 6.52. The molecule has 0 bridgehead atoms. The van der Waals surface area contributed by atoms with Crippen LogP contribution in [0.4, 0.5) is 0 Å². The van der Waals surface area contributed by atoms with Crippen molar-refractivity contribution in [3.8, 4) is 11.1 Å². The van der Waals surface area contributed by atoms with Gasteiger partial charge in [-0.1, -0.05) is 72.8 Å². The highest BCUT2D eigenvalue weighted by Gasteiger charge is 2.14. The quantitative estimate of drug-likeness (QED) is 0.228. The number of aromatic nitrogens is 1. The van der Waals surface area contributed by atoms with Crippen LogP contribution in [0.3, 0.4) is 0 Å². The lowest BCUT2D eigenvalue weighted by Gasteiger charge is -2.12. The molecule has 3 nitrogen and oxygen atoms in total. The van der Waals surface area contributed by atoms with Crippen LogP contribution in [0.25, 0.3) is 49.8 Å². The lowest BCUT2D eigenvalue weighted by molar-refractivity contribution is 1.12. The molecule has 0 amide bonds. The van der Waals surface area contributed by atoms with E-state index < -0.39 is 0 Å². The summed E-state index contributed by atoms with van der Waals surface area (Å²) < 4.78 is 1.81. The summed E-state index contributed by atoms with van der Waals surface area (Å²) in [6.07, 6.45) is 13.1. The molecule has 0 spiro atoms. The zero-order chi connectivity index (χ0) is 23.1. The zero-order valence-electron chi connectivity index (χ0n) is 19.1. The van der Waals surface area contributed by atoms with Gasteiger partial charge in [-0.05, 0) is 64.7 Å². The maximum atomic E-state index is 6.52. The highest BCUT2D eigenvalue weighted by molar-refractivity contribution is 6.21. The fourth-order valence-corrected chi connectivity index (χ4v) is 4.93. The Morgan fingerprint density at radius 1 is 0.853 bits per heavy atom. The fraction of sp³-hybridized carbons (Fsp3) is 0.0645. The van der Waals surface area contributed by atoms with Gasteiger partial charge in [0.15, 0.2) is 0 Å². The Labute approximate surface area is 198 Å². The van der Waals surface area contributed by atoms with Gasteiger partial charge in [-0.15, -0.1) is 0 Å². The molecular weight excluding hydrogens is 414 g/mol. The van der Waals surface area contributed by atoms with Gasteiger partial charge in [0.05, 0.1) is 16.7 Å². The van der Waals surface area contributed by atoms with Crippen molar-refractivity contribution in [2.75, 3.05) is 5.84 Å². The summed E-state index contributed by atoms with van der Waals surface area (Å²) in [6.45, 7) is 2.05. The number of nitrogens with two attached hydrogens (primary N) is 1. The standard InChI is InChI=1S/C31H25N3/c1-2-3-11-28-26-19-23(13-12-22(26)9-6-7-18-33-28)24-15-16-29-27(20-24)31-25-10-5-4-8-21(25)14-17-30(31)34(29)32/h2-10,12-20H,11,32H2,1H3/b3-2-,7-6?,9-6?,18-7?,22-9?,28-26?,33-18?,33-28?. The third-order valence-corrected chi connectivity index (χ3v) is 6.64. The molecule has 0 saturated heterocycles. The van der Waals surface area contributed by atoms with Gasteiger partial charge in [0, 0.05) is 29.0 Å². The number of nitrogen functional groups attached to an aromatic ring is 1. The molecule has 3 heteroatoms. The van der Waals surface area contributed by atoms with E-state index in [9.17, 15) is 0 Å². The summed E-state index contributed by atoms with van der Waals surface area (Å²) in [7, 11) is 0. The molecule has 1 aromatic heterocycles. The Morgan fingerprint density at radius 2 is 1.68 bits per heavy atom. The van der Waals surface area contributed by atoms with E-state index in [-0.39, 0.29) is 0 Å². The minimum Gasteiger partial charge on any atom is -0.339 e. The van der Waals surface area contributed by atoms with Gasteiger partial charge in [0.2, 0.25) is 0 Å². The van der Waals surface area contributed by atoms with Gasteiger partial charge < -0.3 is 5.84 Å². The minimum absolute atomic E-state index is 0.802. The lowest BCUT2D eigenvalue weighted by atomic mass is 9.93. The van der Waals surface area contributed by atoms with Gasteiger partial charge in [-0.2, -0.15) is 0 Å². The highest BCUT2D eigenvalue weighted by atomic mass is 15.3. The number of hydrogen-bond donors (Lipinski definition) is 1. The van der Waals surface area contributed by atoms with Gasteiger partial charge in [-0.25, -0.2) is 0 Å². The maximum Gasteiger partial charge on any atom is 0.0710 e. The molecule has 0 unspecified atom stereocenters. The molecule has 0 aliphatic carbocycles. The molecule has 6 rings (SSSR count). The second kappa shape index (κ2) is 8.20. The van der Waals surface area contributed by atoms with Crippen LogP contribution in [-0.2, 0) is 0 Å². The van der Waals surface area contributed by atoms with E-state index >= 15 is 0 Å². The second-order valence-electron chi connectivity index (χ2n) is 8.63. The molecule has 34 heavy (non-hydrogen) atoms. The smallest absolute Gasteiger partial charge is 0.0710 e. The molecule has 0 atom stereocenters. The van der Waals surface area contributed by atoms with Crippen molar-refractivity contribution in [3.05, 3.63) is 114 Å². The molecule has 1 aliphatic heterocycles.